The standard InChI is InChI=1S/C23H19N5O3/c1-30-21-15-16(23-25-12-14-31-23)7-8-19(21)28-13-10-20(29)22(27-28)18(9-11-24)26-17-5-3-2-4-6-17/h2-15,24,26H,1H3/b18-9-,24-11?. The molecule has 4 rings (SSSR count). The highest BCUT2D eigenvalue weighted by atomic mass is 16.5. The van der Waals surface area contributed by atoms with Gasteiger partial charge in [-0.05, 0) is 36.4 Å². The molecule has 0 amide bonds. The summed E-state index contributed by atoms with van der Waals surface area (Å²) in [6.07, 6.45) is 7.24. The van der Waals surface area contributed by atoms with E-state index in [-0.39, 0.29) is 11.1 Å². The Bertz CT molecular complexity index is 1280. The Morgan fingerprint density at radius 1 is 1.19 bits per heavy atom. The molecule has 2 N–H and O–H groups in total. The molecule has 2 aromatic carbocycles. The third-order valence-electron chi connectivity index (χ3n) is 4.47. The van der Waals surface area contributed by atoms with Crippen molar-refractivity contribution in [3.05, 3.63) is 95.2 Å². The van der Waals surface area contributed by atoms with Crippen molar-refractivity contribution >= 4 is 17.6 Å². The lowest BCUT2D eigenvalue weighted by atomic mass is 10.2. The first kappa shape index (κ1) is 19.8. The number of benzene rings is 2. The van der Waals surface area contributed by atoms with Crippen LogP contribution in [0.1, 0.15) is 5.69 Å². The number of oxazole rings is 1. The average Bonchev–Trinajstić information content (AvgIpc) is 3.35. The van der Waals surface area contributed by atoms with E-state index >= 15 is 0 Å². The van der Waals surface area contributed by atoms with Crippen molar-refractivity contribution in [1.29, 1.82) is 5.41 Å². The first-order chi connectivity index (χ1) is 15.2. The van der Waals surface area contributed by atoms with Crippen molar-refractivity contribution in [1.82, 2.24) is 14.8 Å². The molecule has 0 spiro atoms. The van der Waals surface area contributed by atoms with Gasteiger partial charge in [0.05, 0.1) is 19.0 Å². The van der Waals surface area contributed by atoms with Gasteiger partial charge in [-0.2, -0.15) is 5.10 Å². The average molecular weight is 413 g/mol. The number of hydrogen-bond donors (Lipinski definition) is 2. The van der Waals surface area contributed by atoms with Gasteiger partial charge in [-0.3, -0.25) is 4.79 Å². The second kappa shape index (κ2) is 8.91. The highest BCUT2D eigenvalue weighted by molar-refractivity contribution is 5.86. The van der Waals surface area contributed by atoms with E-state index in [0.717, 1.165) is 17.5 Å². The number of rotatable bonds is 7. The number of aromatic nitrogens is 3. The first-order valence-electron chi connectivity index (χ1n) is 9.41. The van der Waals surface area contributed by atoms with E-state index in [1.54, 1.807) is 30.3 Å². The van der Waals surface area contributed by atoms with E-state index in [9.17, 15) is 4.79 Å². The van der Waals surface area contributed by atoms with Crippen molar-refractivity contribution in [2.24, 2.45) is 0 Å². The molecule has 4 aromatic rings. The molecule has 31 heavy (non-hydrogen) atoms. The van der Waals surface area contributed by atoms with E-state index in [4.69, 9.17) is 14.6 Å². The van der Waals surface area contributed by atoms with Gasteiger partial charge >= 0.3 is 0 Å². The number of nitrogens with one attached hydrogen (secondary N) is 2. The topological polar surface area (TPSA) is 106 Å². The fraction of sp³-hybridized carbons (Fsp3) is 0.0435. The maximum absolute atomic E-state index is 12.6. The monoisotopic (exact) mass is 413 g/mol. The van der Waals surface area contributed by atoms with Crippen molar-refractivity contribution in [2.45, 2.75) is 0 Å². The predicted octanol–water partition coefficient (Wildman–Crippen LogP) is 4.00. The molecular weight excluding hydrogens is 394 g/mol. The maximum Gasteiger partial charge on any atom is 0.225 e. The molecule has 2 heterocycles. The summed E-state index contributed by atoms with van der Waals surface area (Å²) in [5.74, 6) is 1.01. The van der Waals surface area contributed by atoms with Gasteiger partial charge in [-0.1, -0.05) is 18.2 Å². The van der Waals surface area contributed by atoms with Gasteiger partial charge < -0.3 is 19.9 Å². The summed E-state index contributed by atoms with van der Waals surface area (Å²) in [4.78, 5) is 16.7. The van der Waals surface area contributed by atoms with Crippen molar-refractivity contribution in [2.75, 3.05) is 12.4 Å². The molecule has 0 saturated heterocycles. The van der Waals surface area contributed by atoms with Gasteiger partial charge in [0, 0.05) is 29.7 Å². The van der Waals surface area contributed by atoms with Crippen molar-refractivity contribution in [3.8, 4) is 22.9 Å². The molecule has 0 bridgehead atoms. The number of para-hydroxylation sites is 1. The SMILES string of the molecule is COc1cc(-c2ncco2)ccc1-n1ccc(=O)c(/C(=C/C=N)Nc2ccccc2)n1. The summed E-state index contributed by atoms with van der Waals surface area (Å²) in [6, 6.07) is 16.2. The zero-order valence-electron chi connectivity index (χ0n) is 16.6. The summed E-state index contributed by atoms with van der Waals surface area (Å²) >= 11 is 0. The second-order valence-electron chi connectivity index (χ2n) is 6.44. The van der Waals surface area contributed by atoms with Gasteiger partial charge in [0.1, 0.15) is 17.7 Å². The number of anilines is 1. The third kappa shape index (κ3) is 4.27. The molecule has 2 aromatic heterocycles. The lowest BCUT2D eigenvalue weighted by Gasteiger charge is -2.14. The quantitative estimate of drug-likeness (QED) is 0.444. The van der Waals surface area contributed by atoms with Gasteiger partial charge in [-0.25, -0.2) is 9.67 Å². The van der Waals surface area contributed by atoms with Gasteiger partial charge in [0.15, 0.2) is 5.69 Å². The highest BCUT2D eigenvalue weighted by Crippen LogP contribution is 2.28. The number of allylic oxidation sites excluding steroid dienone is 1. The van der Waals surface area contributed by atoms with Crippen LogP contribution in [-0.4, -0.2) is 28.1 Å². The normalized spacial score (nSPS) is 11.2. The molecule has 0 radical (unpaired) electrons. The Balaban J connectivity index is 1.76. The Morgan fingerprint density at radius 2 is 2.03 bits per heavy atom. The van der Waals surface area contributed by atoms with Crippen LogP contribution in [0.2, 0.25) is 0 Å². The van der Waals surface area contributed by atoms with E-state index < -0.39 is 0 Å². The van der Waals surface area contributed by atoms with Crippen LogP contribution in [0, 0.1) is 5.41 Å². The number of nitrogens with zero attached hydrogens (tertiary/aromatic N) is 3. The largest absolute Gasteiger partial charge is 0.494 e. The number of methoxy groups -OCH3 is 1. The fourth-order valence-corrected chi connectivity index (χ4v) is 3.03. The lowest BCUT2D eigenvalue weighted by Crippen LogP contribution is -2.18. The summed E-state index contributed by atoms with van der Waals surface area (Å²) < 4.78 is 12.4. The summed E-state index contributed by atoms with van der Waals surface area (Å²) in [7, 11) is 1.55. The minimum Gasteiger partial charge on any atom is -0.494 e. The van der Waals surface area contributed by atoms with Crippen LogP contribution in [0.25, 0.3) is 22.8 Å². The van der Waals surface area contributed by atoms with Crippen molar-refractivity contribution < 1.29 is 9.15 Å². The number of ether oxygens (including phenoxy) is 1. The molecule has 8 heteroatoms. The van der Waals surface area contributed by atoms with E-state index in [0.29, 0.717) is 23.0 Å². The van der Waals surface area contributed by atoms with Crippen LogP contribution >= 0.6 is 0 Å². The molecule has 0 unspecified atom stereocenters. The molecule has 8 nitrogen and oxygen atoms in total. The van der Waals surface area contributed by atoms with Crippen LogP contribution in [0.15, 0.2) is 88.5 Å². The Kier molecular flexibility index (Phi) is 5.70. The molecular formula is C23H19N5O3. The van der Waals surface area contributed by atoms with Crippen LogP contribution in [0.4, 0.5) is 5.69 Å². The first-order valence-corrected chi connectivity index (χ1v) is 9.41. The van der Waals surface area contributed by atoms with Crippen LogP contribution in [-0.2, 0) is 0 Å². The molecule has 0 atom stereocenters. The molecule has 0 aliphatic heterocycles. The minimum absolute atomic E-state index is 0.175. The predicted molar refractivity (Wildman–Crippen MR) is 119 cm³/mol. The highest BCUT2D eigenvalue weighted by Gasteiger charge is 2.14. The Hall–Kier alpha value is -4.46. The van der Waals surface area contributed by atoms with Gasteiger partial charge in [-0.15, -0.1) is 0 Å². The lowest BCUT2D eigenvalue weighted by molar-refractivity contribution is 0.411. The zero-order valence-corrected chi connectivity index (χ0v) is 16.6. The van der Waals surface area contributed by atoms with E-state index in [2.05, 4.69) is 15.4 Å². The van der Waals surface area contributed by atoms with Crippen LogP contribution in [0.5, 0.6) is 5.75 Å². The van der Waals surface area contributed by atoms with E-state index in [1.165, 1.54) is 18.4 Å². The molecule has 0 saturated carbocycles. The van der Waals surface area contributed by atoms with Gasteiger partial charge in [0.25, 0.3) is 0 Å². The summed E-state index contributed by atoms with van der Waals surface area (Å²) in [5, 5.41) is 15.1. The van der Waals surface area contributed by atoms with E-state index in [1.807, 2.05) is 42.5 Å². The minimum atomic E-state index is -0.275. The van der Waals surface area contributed by atoms with Crippen LogP contribution < -0.4 is 15.5 Å². The molecule has 154 valence electrons. The molecule has 0 fully saturated rings. The fourth-order valence-electron chi connectivity index (χ4n) is 3.03. The zero-order chi connectivity index (χ0) is 21.6. The molecule has 0 aliphatic carbocycles. The second-order valence-corrected chi connectivity index (χ2v) is 6.44. The van der Waals surface area contributed by atoms with Crippen molar-refractivity contribution in [3.63, 3.8) is 0 Å². The summed E-state index contributed by atoms with van der Waals surface area (Å²) in [5.41, 5.74) is 2.47. The third-order valence-corrected chi connectivity index (χ3v) is 4.47. The summed E-state index contributed by atoms with van der Waals surface area (Å²) in [6.45, 7) is 0. The Labute approximate surface area is 178 Å². The van der Waals surface area contributed by atoms with Gasteiger partial charge in [0.2, 0.25) is 11.3 Å². The van der Waals surface area contributed by atoms with Crippen LogP contribution in [0.3, 0.4) is 0 Å². The number of hydrogen-bond acceptors (Lipinski definition) is 7. The Morgan fingerprint density at radius 3 is 2.74 bits per heavy atom. The smallest absolute Gasteiger partial charge is 0.225 e. The molecule has 0 aliphatic rings. The maximum atomic E-state index is 12.6.